The van der Waals surface area contributed by atoms with E-state index in [0.717, 1.165) is 56.9 Å². The molecule has 1 atom stereocenters. The number of hydrogen-bond acceptors (Lipinski definition) is 8. The van der Waals surface area contributed by atoms with Crippen LogP contribution >= 0.6 is 0 Å². The van der Waals surface area contributed by atoms with Crippen LogP contribution in [-0.4, -0.2) is 66.3 Å². The van der Waals surface area contributed by atoms with Crippen molar-refractivity contribution in [1.29, 1.82) is 5.26 Å². The van der Waals surface area contributed by atoms with Gasteiger partial charge in [-0.25, -0.2) is 14.4 Å². The molecule has 1 unspecified atom stereocenters. The van der Waals surface area contributed by atoms with E-state index in [-0.39, 0.29) is 22.7 Å². The van der Waals surface area contributed by atoms with Crippen molar-refractivity contribution in [2.24, 2.45) is 0 Å². The Morgan fingerprint density at radius 2 is 1.95 bits per heavy atom. The van der Waals surface area contributed by atoms with Crippen LogP contribution in [0.3, 0.4) is 0 Å². The number of piperazine rings is 1. The van der Waals surface area contributed by atoms with Gasteiger partial charge < -0.3 is 19.9 Å². The molecule has 1 N–H and O–H groups in total. The van der Waals surface area contributed by atoms with Crippen molar-refractivity contribution >= 4 is 16.7 Å². The van der Waals surface area contributed by atoms with Crippen LogP contribution in [0.4, 0.5) is 10.2 Å². The van der Waals surface area contributed by atoms with E-state index in [1.165, 1.54) is 23.8 Å². The maximum Gasteiger partial charge on any atom is 0.266 e. The fourth-order valence-corrected chi connectivity index (χ4v) is 5.54. The first kappa shape index (κ1) is 25.9. The van der Waals surface area contributed by atoms with Gasteiger partial charge in [-0.1, -0.05) is 0 Å². The molecule has 4 aromatic rings. The van der Waals surface area contributed by atoms with Crippen LogP contribution in [0.2, 0.25) is 0 Å². The topological polar surface area (TPSA) is 99.3 Å². The zero-order valence-electron chi connectivity index (χ0n) is 22.5. The summed E-state index contributed by atoms with van der Waals surface area (Å²) in [6.07, 6.45) is 3.51. The number of halogens is 1. The summed E-state index contributed by atoms with van der Waals surface area (Å²) in [5.41, 5.74) is 2.25. The Hall–Kier alpha value is -4.33. The Labute approximate surface area is 231 Å². The molecule has 2 saturated heterocycles. The first-order valence-electron chi connectivity index (χ1n) is 13.4. The first-order valence-corrected chi connectivity index (χ1v) is 13.4. The Kier molecular flexibility index (Phi) is 6.92. The standard InChI is InChI=1S/C30H30FN7O2/c1-36-10-12-37(13-11-36)27-8-5-20(18-34-27)22-14-19(17-32)15-23-28(22)35-29(25-4-3-9-33-25)38(30(23)39)21-6-7-26(40-2)24(31)16-21/h5-8,14-16,18,25,33H,3-4,9-13H2,1-2H3. The average Bonchev–Trinajstić information content (AvgIpc) is 3.52. The van der Waals surface area contributed by atoms with E-state index in [9.17, 15) is 14.4 Å². The molecule has 0 bridgehead atoms. The number of ether oxygens (including phenoxy) is 1. The van der Waals surface area contributed by atoms with Crippen molar-refractivity contribution in [2.45, 2.75) is 18.9 Å². The molecule has 10 heteroatoms. The van der Waals surface area contributed by atoms with Gasteiger partial charge in [0.25, 0.3) is 5.56 Å². The lowest BCUT2D eigenvalue weighted by Gasteiger charge is -2.33. The van der Waals surface area contributed by atoms with Crippen LogP contribution < -0.4 is 20.5 Å². The Balaban J connectivity index is 1.52. The Morgan fingerprint density at radius 3 is 2.60 bits per heavy atom. The highest BCUT2D eigenvalue weighted by Gasteiger charge is 2.26. The van der Waals surface area contributed by atoms with E-state index in [1.807, 2.05) is 12.1 Å². The number of methoxy groups -OCH3 is 1. The molecule has 2 aliphatic heterocycles. The highest BCUT2D eigenvalue weighted by atomic mass is 19.1. The molecule has 0 saturated carbocycles. The monoisotopic (exact) mass is 539 g/mol. The number of nitriles is 1. The van der Waals surface area contributed by atoms with Gasteiger partial charge in [0, 0.05) is 49.6 Å². The third-order valence-electron chi connectivity index (χ3n) is 7.78. The van der Waals surface area contributed by atoms with Crippen molar-refractivity contribution < 1.29 is 9.13 Å². The van der Waals surface area contributed by atoms with Crippen molar-refractivity contribution in [1.82, 2.24) is 24.8 Å². The lowest BCUT2D eigenvalue weighted by atomic mass is 10.00. The lowest BCUT2D eigenvalue weighted by molar-refractivity contribution is 0.312. The summed E-state index contributed by atoms with van der Waals surface area (Å²) >= 11 is 0. The SMILES string of the molecule is COc1ccc(-n2c(C3CCCN3)nc3c(-c4ccc(N5CCN(C)CC5)nc4)cc(C#N)cc3c2=O)cc1F. The molecule has 9 nitrogen and oxygen atoms in total. The van der Waals surface area contributed by atoms with E-state index < -0.39 is 5.82 Å². The summed E-state index contributed by atoms with van der Waals surface area (Å²) in [5, 5.41) is 13.5. The third-order valence-corrected chi connectivity index (χ3v) is 7.78. The zero-order chi connectivity index (χ0) is 27.8. The molecule has 2 aromatic carbocycles. The molecule has 0 spiro atoms. The molecular weight excluding hydrogens is 509 g/mol. The van der Waals surface area contributed by atoms with E-state index in [0.29, 0.717) is 28.2 Å². The van der Waals surface area contributed by atoms with Crippen molar-refractivity contribution in [3.63, 3.8) is 0 Å². The fraction of sp³-hybridized carbons (Fsp3) is 0.333. The van der Waals surface area contributed by atoms with Gasteiger partial charge in [-0.3, -0.25) is 9.36 Å². The van der Waals surface area contributed by atoms with Crippen molar-refractivity contribution in [3.8, 4) is 28.6 Å². The van der Waals surface area contributed by atoms with Crippen LogP contribution in [0, 0.1) is 17.1 Å². The van der Waals surface area contributed by atoms with Gasteiger partial charge in [0.05, 0.1) is 41.4 Å². The lowest BCUT2D eigenvalue weighted by Crippen LogP contribution is -2.44. The summed E-state index contributed by atoms with van der Waals surface area (Å²) in [7, 11) is 3.51. The number of anilines is 1. The van der Waals surface area contributed by atoms with E-state index in [2.05, 4.69) is 28.2 Å². The van der Waals surface area contributed by atoms with Gasteiger partial charge in [-0.15, -0.1) is 0 Å². The number of nitrogens with one attached hydrogen (secondary N) is 1. The number of aromatic nitrogens is 3. The number of nitrogens with zero attached hydrogens (tertiary/aromatic N) is 6. The van der Waals surface area contributed by atoms with Crippen LogP contribution in [0.15, 0.2) is 53.5 Å². The highest BCUT2D eigenvalue weighted by molar-refractivity contribution is 5.94. The maximum atomic E-state index is 14.7. The predicted octanol–water partition coefficient (Wildman–Crippen LogP) is 3.64. The second-order valence-corrected chi connectivity index (χ2v) is 10.3. The predicted molar refractivity (Wildman–Crippen MR) is 151 cm³/mol. The smallest absolute Gasteiger partial charge is 0.266 e. The normalized spacial score (nSPS) is 17.8. The number of hydrogen-bond donors (Lipinski definition) is 1. The van der Waals surface area contributed by atoms with Crippen LogP contribution in [0.1, 0.15) is 30.3 Å². The summed E-state index contributed by atoms with van der Waals surface area (Å²) in [6.45, 7) is 4.56. The number of likely N-dealkylation sites (N-methyl/N-ethyl adjacent to an activating group) is 1. The molecule has 6 rings (SSSR count). The molecule has 0 aliphatic carbocycles. The minimum absolute atomic E-state index is 0.0904. The molecule has 2 fully saturated rings. The van der Waals surface area contributed by atoms with Crippen molar-refractivity contribution in [3.05, 3.63) is 76.2 Å². The zero-order valence-corrected chi connectivity index (χ0v) is 22.5. The fourth-order valence-electron chi connectivity index (χ4n) is 5.54. The first-order chi connectivity index (χ1) is 19.5. The van der Waals surface area contributed by atoms with Gasteiger partial charge in [-0.05, 0) is 62.8 Å². The Morgan fingerprint density at radius 1 is 1.12 bits per heavy atom. The quantitative estimate of drug-likeness (QED) is 0.411. The van der Waals surface area contributed by atoms with E-state index in [1.54, 1.807) is 24.4 Å². The second-order valence-electron chi connectivity index (χ2n) is 10.3. The molecule has 204 valence electrons. The highest BCUT2D eigenvalue weighted by Crippen LogP contribution is 2.32. The molecule has 40 heavy (non-hydrogen) atoms. The summed E-state index contributed by atoms with van der Waals surface area (Å²) in [6, 6.07) is 13.7. The van der Waals surface area contributed by atoms with E-state index >= 15 is 0 Å². The van der Waals surface area contributed by atoms with Gasteiger partial charge in [-0.2, -0.15) is 5.26 Å². The van der Waals surface area contributed by atoms with Gasteiger partial charge in [0.2, 0.25) is 0 Å². The molecule has 2 aromatic heterocycles. The third kappa shape index (κ3) is 4.68. The second kappa shape index (κ2) is 10.7. The number of fused-ring (bicyclic) bond motifs is 1. The van der Waals surface area contributed by atoms with Gasteiger partial charge in [0.1, 0.15) is 11.6 Å². The van der Waals surface area contributed by atoms with Gasteiger partial charge >= 0.3 is 0 Å². The summed E-state index contributed by atoms with van der Waals surface area (Å²) < 4.78 is 21.3. The molecule has 2 aliphatic rings. The molecular formula is C30H30FN7O2. The average molecular weight is 540 g/mol. The Bertz CT molecular complexity index is 1670. The van der Waals surface area contributed by atoms with Crippen LogP contribution in [-0.2, 0) is 0 Å². The van der Waals surface area contributed by atoms with Crippen molar-refractivity contribution in [2.75, 3.05) is 51.8 Å². The van der Waals surface area contributed by atoms with Crippen LogP contribution in [0.5, 0.6) is 5.75 Å². The van der Waals surface area contributed by atoms with E-state index in [4.69, 9.17) is 14.7 Å². The number of rotatable bonds is 5. The van der Waals surface area contributed by atoms with Crippen LogP contribution in [0.25, 0.3) is 27.7 Å². The summed E-state index contributed by atoms with van der Waals surface area (Å²) in [5.74, 6) is 0.917. The summed E-state index contributed by atoms with van der Waals surface area (Å²) in [4.78, 5) is 28.4. The number of pyridine rings is 1. The van der Waals surface area contributed by atoms with Gasteiger partial charge in [0.15, 0.2) is 11.6 Å². The molecule has 0 amide bonds. The largest absolute Gasteiger partial charge is 0.494 e. The molecule has 0 radical (unpaired) electrons. The minimum atomic E-state index is -0.574. The maximum absolute atomic E-state index is 14.7. The number of benzene rings is 2. The minimum Gasteiger partial charge on any atom is -0.494 e. The molecule has 4 heterocycles.